The Labute approximate surface area is 111 Å². The molecule has 1 atom stereocenters. The van der Waals surface area contributed by atoms with Crippen LogP contribution in [0.4, 0.5) is 0 Å². The molecule has 0 spiro atoms. The average molecular weight is 281 g/mol. The van der Waals surface area contributed by atoms with Crippen LogP contribution in [0, 0.1) is 5.41 Å². The standard InChI is InChI=1S/C13H25ClO2S/c1-3-5-6-9-13(10-7-11-13)12(8-4-2)17(14,15)16/h12H,3-11H2,1-2H3. The molecule has 4 heteroatoms. The molecule has 1 aliphatic carbocycles. The van der Waals surface area contributed by atoms with Crippen LogP contribution in [-0.4, -0.2) is 13.7 Å². The second kappa shape index (κ2) is 6.42. The van der Waals surface area contributed by atoms with Gasteiger partial charge in [0.05, 0.1) is 5.25 Å². The molecule has 1 aliphatic rings. The van der Waals surface area contributed by atoms with Gasteiger partial charge >= 0.3 is 0 Å². The molecule has 0 N–H and O–H groups in total. The molecule has 0 aromatic rings. The normalized spacial score (nSPS) is 20.9. The number of unbranched alkanes of at least 4 members (excludes halogenated alkanes) is 2. The minimum Gasteiger partial charge on any atom is -0.212 e. The third-order valence-electron chi connectivity index (χ3n) is 4.20. The van der Waals surface area contributed by atoms with Crippen molar-refractivity contribution in [2.75, 3.05) is 0 Å². The van der Waals surface area contributed by atoms with Crippen LogP contribution in [0.25, 0.3) is 0 Å². The molecule has 0 aromatic heterocycles. The molecule has 0 aromatic carbocycles. The lowest BCUT2D eigenvalue weighted by molar-refractivity contribution is 0.104. The highest BCUT2D eigenvalue weighted by molar-refractivity contribution is 8.14. The Kier molecular flexibility index (Phi) is 5.78. The van der Waals surface area contributed by atoms with Crippen molar-refractivity contribution < 1.29 is 8.42 Å². The summed E-state index contributed by atoms with van der Waals surface area (Å²) in [5.41, 5.74) is 0.00572. The van der Waals surface area contributed by atoms with E-state index in [0.29, 0.717) is 0 Å². The zero-order valence-corrected chi connectivity index (χ0v) is 12.6. The van der Waals surface area contributed by atoms with Crippen molar-refractivity contribution >= 4 is 19.7 Å². The maximum atomic E-state index is 11.8. The third kappa shape index (κ3) is 3.85. The molecule has 17 heavy (non-hydrogen) atoms. The van der Waals surface area contributed by atoms with Crippen LogP contribution in [0.15, 0.2) is 0 Å². The molecule has 0 amide bonds. The second-order valence-corrected chi connectivity index (χ2v) is 8.24. The molecule has 0 saturated heterocycles. The lowest BCUT2D eigenvalue weighted by atomic mass is 9.63. The maximum Gasteiger partial charge on any atom is 0.235 e. The van der Waals surface area contributed by atoms with Gasteiger partial charge in [-0.3, -0.25) is 0 Å². The first-order chi connectivity index (χ1) is 7.96. The van der Waals surface area contributed by atoms with E-state index in [1.54, 1.807) is 0 Å². The Morgan fingerprint density at radius 2 is 1.82 bits per heavy atom. The van der Waals surface area contributed by atoms with Crippen LogP contribution in [0.2, 0.25) is 0 Å². The molecule has 1 unspecified atom stereocenters. The molecule has 1 rings (SSSR count). The molecule has 1 saturated carbocycles. The van der Waals surface area contributed by atoms with Crippen molar-refractivity contribution in [3.05, 3.63) is 0 Å². The summed E-state index contributed by atoms with van der Waals surface area (Å²) in [6.07, 6.45) is 9.44. The molecule has 0 heterocycles. The van der Waals surface area contributed by atoms with Gasteiger partial charge in [-0.25, -0.2) is 8.42 Å². The largest absolute Gasteiger partial charge is 0.235 e. The zero-order valence-electron chi connectivity index (χ0n) is 11.0. The lowest BCUT2D eigenvalue weighted by Gasteiger charge is -2.47. The van der Waals surface area contributed by atoms with E-state index < -0.39 is 9.05 Å². The molecule has 0 radical (unpaired) electrons. The van der Waals surface area contributed by atoms with Gasteiger partial charge in [-0.2, -0.15) is 0 Å². The molecule has 2 nitrogen and oxygen atoms in total. The third-order valence-corrected chi connectivity index (χ3v) is 6.26. The van der Waals surface area contributed by atoms with Crippen molar-refractivity contribution in [1.82, 2.24) is 0 Å². The highest BCUT2D eigenvalue weighted by Gasteiger charge is 2.48. The molecular weight excluding hydrogens is 256 g/mol. The van der Waals surface area contributed by atoms with E-state index in [-0.39, 0.29) is 10.7 Å². The van der Waals surface area contributed by atoms with E-state index in [1.807, 2.05) is 6.92 Å². The summed E-state index contributed by atoms with van der Waals surface area (Å²) in [6, 6.07) is 0. The Hall–Kier alpha value is 0.240. The SMILES string of the molecule is CCCCCC1(C(CCC)S(=O)(=O)Cl)CCC1. The van der Waals surface area contributed by atoms with Gasteiger partial charge in [0.15, 0.2) is 0 Å². The van der Waals surface area contributed by atoms with E-state index in [2.05, 4.69) is 6.92 Å². The highest BCUT2D eigenvalue weighted by Crippen LogP contribution is 2.52. The molecule has 0 aliphatic heterocycles. The van der Waals surface area contributed by atoms with Crippen LogP contribution in [0.5, 0.6) is 0 Å². The topological polar surface area (TPSA) is 34.1 Å². The van der Waals surface area contributed by atoms with Gasteiger partial charge in [0.2, 0.25) is 9.05 Å². The first-order valence-electron chi connectivity index (χ1n) is 6.90. The number of hydrogen-bond acceptors (Lipinski definition) is 2. The van der Waals surface area contributed by atoms with E-state index in [1.165, 1.54) is 19.3 Å². The van der Waals surface area contributed by atoms with Gasteiger partial charge in [-0.05, 0) is 31.1 Å². The van der Waals surface area contributed by atoms with Crippen molar-refractivity contribution in [3.8, 4) is 0 Å². The summed E-state index contributed by atoms with van der Waals surface area (Å²) in [4.78, 5) is 0. The molecule has 0 bridgehead atoms. The Morgan fingerprint density at radius 3 is 2.18 bits per heavy atom. The van der Waals surface area contributed by atoms with Crippen LogP contribution < -0.4 is 0 Å². The number of rotatable bonds is 8. The first kappa shape index (κ1) is 15.3. The summed E-state index contributed by atoms with van der Waals surface area (Å²) >= 11 is 0. The fourth-order valence-corrected chi connectivity index (χ4v) is 5.40. The van der Waals surface area contributed by atoms with Crippen molar-refractivity contribution in [2.45, 2.75) is 76.9 Å². The van der Waals surface area contributed by atoms with Crippen molar-refractivity contribution in [3.63, 3.8) is 0 Å². The highest BCUT2D eigenvalue weighted by atomic mass is 35.7. The van der Waals surface area contributed by atoms with E-state index in [9.17, 15) is 8.42 Å². The lowest BCUT2D eigenvalue weighted by Crippen LogP contribution is -2.44. The van der Waals surface area contributed by atoms with Gasteiger partial charge in [-0.1, -0.05) is 46.0 Å². The Morgan fingerprint density at radius 1 is 1.18 bits per heavy atom. The monoisotopic (exact) mass is 280 g/mol. The van der Waals surface area contributed by atoms with Crippen LogP contribution in [0.1, 0.15) is 71.6 Å². The van der Waals surface area contributed by atoms with Gasteiger partial charge in [-0.15, -0.1) is 0 Å². The van der Waals surface area contributed by atoms with Crippen molar-refractivity contribution in [1.29, 1.82) is 0 Å². The van der Waals surface area contributed by atoms with Crippen LogP contribution >= 0.6 is 10.7 Å². The first-order valence-corrected chi connectivity index (χ1v) is 9.27. The fraction of sp³-hybridized carbons (Fsp3) is 1.00. The van der Waals surface area contributed by atoms with Gasteiger partial charge in [0.1, 0.15) is 0 Å². The van der Waals surface area contributed by atoms with Crippen LogP contribution in [0.3, 0.4) is 0 Å². The quantitative estimate of drug-likeness (QED) is 0.485. The molecule has 102 valence electrons. The summed E-state index contributed by atoms with van der Waals surface area (Å²) < 4.78 is 23.5. The predicted octanol–water partition coefficient (Wildman–Crippen LogP) is 4.47. The summed E-state index contributed by atoms with van der Waals surface area (Å²) in [5, 5.41) is -0.313. The number of halogens is 1. The minimum absolute atomic E-state index is 0.00572. The fourth-order valence-electron chi connectivity index (χ4n) is 3.10. The zero-order chi connectivity index (χ0) is 12.9. The van der Waals surface area contributed by atoms with Gasteiger partial charge < -0.3 is 0 Å². The Bertz CT molecular complexity index is 320. The van der Waals surface area contributed by atoms with Gasteiger partial charge in [0, 0.05) is 10.7 Å². The number of hydrogen-bond donors (Lipinski definition) is 0. The smallest absolute Gasteiger partial charge is 0.212 e. The van der Waals surface area contributed by atoms with Crippen molar-refractivity contribution in [2.24, 2.45) is 5.41 Å². The molecular formula is C13H25ClO2S. The summed E-state index contributed by atoms with van der Waals surface area (Å²) in [6.45, 7) is 4.21. The van der Waals surface area contributed by atoms with Gasteiger partial charge in [0.25, 0.3) is 0 Å². The van der Waals surface area contributed by atoms with E-state index in [4.69, 9.17) is 10.7 Å². The van der Waals surface area contributed by atoms with E-state index in [0.717, 1.165) is 38.5 Å². The minimum atomic E-state index is -3.41. The Balaban J connectivity index is 2.74. The van der Waals surface area contributed by atoms with Crippen LogP contribution in [-0.2, 0) is 9.05 Å². The van der Waals surface area contributed by atoms with E-state index >= 15 is 0 Å². The maximum absolute atomic E-state index is 11.8. The summed E-state index contributed by atoms with van der Waals surface area (Å²) in [7, 11) is 2.25. The second-order valence-electron chi connectivity index (χ2n) is 5.43. The predicted molar refractivity (Wildman–Crippen MR) is 73.9 cm³/mol. The summed E-state index contributed by atoms with van der Waals surface area (Å²) in [5.74, 6) is 0. The molecule has 1 fully saturated rings. The average Bonchev–Trinajstić information content (AvgIpc) is 2.18.